The first-order valence-corrected chi connectivity index (χ1v) is 29.1. The molecular formula is C60H65F2N8O12P. The minimum atomic E-state index is -5.86. The van der Waals surface area contributed by atoms with Gasteiger partial charge < -0.3 is 46.2 Å². The zero-order chi connectivity index (χ0) is 59.6. The number of alkyl halides is 2. The third-order valence-electron chi connectivity index (χ3n) is 15.4. The van der Waals surface area contributed by atoms with Crippen LogP contribution in [0.5, 0.6) is 0 Å². The maximum Gasteiger partial charge on any atom is 0.399 e. The molecule has 83 heavy (non-hydrogen) atoms. The fourth-order valence-corrected chi connectivity index (χ4v) is 11.4. The number of unbranched alkanes of at least 4 members (excludes halogenated alkanes) is 3. The Bertz CT molecular complexity index is 3250. The first-order valence-electron chi connectivity index (χ1n) is 27.5. The van der Waals surface area contributed by atoms with Gasteiger partial charge in [-0.2, -0.15) is 8.78 Å². The highest BCUT2D eigenvalue weighted by Crippen LogP contribution is 2.59. The summed E-state index contributed by atoms with van der Waals surface area (Å²) in [7, 11) is -5.86. The molecule has 8 N–H and O–H groups in total. The lowest BCUT2D eigenvalue weighted by Crippen LogP contribution is -2.62. The molecule has 23 heteroatoms. The summed E-state index contributed by atoms with van der Waals surface area (Å²) in [6.45, 7) is 1.52. The fraction of sp³-hybridized carbons (Fsp3) is 0.383. The molecule has 9 amide bonds. The van der Waals surface area contributed by atoms with E-state index in [-0.39, 0.29) is 93.4 Å². The largest absolute Gasteiger partial charge is 0.399 e. The number of piperidine rings is 1. The highest BCUT2D eigenvalue weighted by Gasteiger charge is 2.50. The van der Waals surface area contributed by atoms with Crippen molar-refractivity contribution in [1.29, 1.82) is 0 Å². The van der Waals surface area contributed by atoms with Crippen molar-refractivity contribution < 1.29 is 66.3 Å². The standard InChI is InChI=1S/C60H65F2N8O12P/c1-37(38-22-24-42(25-23-38)60(61,62)83(80,81)82)34-52(73)64-47-36-68(53(74)21-12-4-2-3-7-14-39-19-13-20-44-45(39)35-69(58(44)78)48-29-31-51(72)66-56(48)76)33-32-43-26-28-49(70(43)59(47)79)57(77)65-46(27-30-50(63)71)55(75)67-54(40-15-8-5-9-16-40)41-17-10-6-11-18-41/h5-6,8-11,13,15-20,22-25,34,43,46-49,54H,2-4,12,21,26-33,35-36H2,1H3,(H2,63,71)(H,64,73)(H,65,77)(H,67,75)(H,66,72,76)(H2,80,81,82)/b37-34+/t43-,46+,47+,48?,49+/m1/s1. The molecule has 0 aromatic heterocycles. The predicted molar refractivity (Wildman–Crippen MR) is 298 cm³/mol. The van der Waals surface area contributed by atoms with E-state index >= 15 is 0 Å². The Morgan fingerprint density at radius 3 is 2.18 bits per heavy atom. The summed E-state index contributed by atoms with van der Waals surface area (Å²) in [4.78, 5) is 144. The monoisotopic (exact) mass is 1160 g/mol. The van der Waals surface area contributed by atoms with Crippen LogP contribution >= 0.6 is 7.60 Å². The molecule has 8 rings (SSSR count). The van der Waals surface area contributed by atoms with Crippen molar-refractivity contribution >= 4 is 66.3 Å². The summed E-state index contributed by atoms with van der Waals surface area (Å²) in [6, 6.07) is 21.7. The van der Waals surface area contributed by atoms with Gasteiger partial charge in [0.05, 0.1) is 6.04 Å². The molecular weight excluding hydrogens is 1090 g/mol. The van der Waals surface area contributed by atoms with Gasteiger partial charge >= 0.3 is 13.3 Å². The van der Waals surface area contributed by atoms with Gasteiger partial charge in [0.15, 0.2) is 0 Å². The van der Waals surface area contributed by atoms with E-state index in [1.807, 2.05) is 60.7 Å². The molecule has 0 aliphatic carbocycles. The zero-order valence-corrected chi connectivity index (χ0v) is 46.5. The van der Waals surface area contributed by atoms with Crippen LogP contribution in [0, 0.1) is 11.8 Å². The predicted octanol–water partition coefficient (Wildman–Crippen LogP) is 4.81. The number of nitrogens with two attached hydrogens (primary N) is 1. The molecule has 436 valence electrons. The van der Waals surface area contributed by atoms with Crippen LogP contribution < -0.4 is 27.0 Å². The van der Waals surface area contributed by atoms with Crippen LogP contribution in [0.1, 0.15) is 134 Å². The number of hydrogen-bond donors (Lipinski definition) is 7. The summed E-state index contributed by atoms with van der Waals surface area (Å²) in [5.74, 6) is 1.33. The number of allylic oxidation sites excluding steroid dienone is 1. The molecule has 4 aromatic carbocycles. The number of benzene rings is 4. The number of amides is 9. The summed E-state index contributed by atoms with van der Waals surface area (Å²) < 4.78 is 40.4. The molecule has 0 spiro atoms. The number of fused-ring (bicyclic) bond motifs is 2. The summed E-state index contributed by atoms with van der Waals surface area (Å²) in [6.07, 6.45) is 4.06. The molecule has 4 aliphatic heterocycles. The van der Waals surface area contributed by atoms with E-state index < -0.39 is 90.5 Å². The lowest BCUT2D eigenvalue weighted by Gasteiger charge is -2.39. The van der Waals surface area contributed by atoms with Crippen molar-refractivity contribution in [2.24, 2.45) is 5.73 Å². The van der Waals surface area contributed by atoms with Crippen molar-refractivity contribution in [1.82, 2.24) is 36.0 Å². The van der Waals surface area contributed by atoms with E-state index in [0.717, 1.165) is 41.5 Å². The second-order valence-electron chi connectivity index (χ2n) is 21.1. The number of nitrogens with zero attached hydrogens (tertiary/aromatic N) is 3. The van der Waals surface area contributed by atoms with Gasteiger partial charge in [-0.15, -0.1) is 0 Å². The lowest BCUT2D eigenvalue weighted by molar-refractivity contribution is -0.147. The van der Waals surface area contributed by atoms with Gasteiger partial charge in [0.25, 0.3) is 5.91 Å². The Kier molecular flexibility index (Phi) is 19.5. The van der Waals surface area contributed by atoms with E-state index in [4.69, 9.17) is 5.73 Å². The molecule has 3 saturated heterocycles. The van der Waals surface area contributed by atoms with Gasteiger partial charge in [-0.3, -0.25) is 53.0 Å². The zero-order valence-electron chi connectivity index (χ0n) is 45.6. The number of rotatable bonds is 20. The Hall–Kier alpha value is -8.38. The average molecular weight is 1160 g/mol. The maximum atomic E-state index is 15.0. The summed E-state index contributed by atoms with van der Waals surface area (Å²) >= 11 is 0. The molecule has 3 fully saturated rings. The molecule has 0 radical (unpaired) electrons. The number of imide groups is 1. The average Bonchev–Trinajstić information content (AvgIpc) is 4.24. The van der Waals surface area contributed by atoms with Gasteiger partial charge in [-0.05, 0) is 91.8 Å². The second kappa shape index (κ2) is 26.7. The molecule has 5 atom stereocenters. The van der Waals surface area contributed by atoms with E-state index in [0.29, 0.717) is 48.8 Å². The van der Waals surface area contributed by atoms with E-state index in [1.54, 1.807) is 18.2 Å². The number of halogens is 2. The molecule has 4 aromatic rings. The Balaban J connectivity index is 0.949. The number of carbonyl (C=O) groups excluding carboxylic acids is 9. The van der Waals surface area contributed by atoms with Crippen LogP contribution in [0.25, 0.3) is 5.57 Å². The summed E-state index contributed by atoms with van der Waals surface area (Å²) in [5, 5.41) is 10.8. The molecule has 20 nitrogen and oxygen atoms in total. The molecule has 4 aliphatic rings. The fourth-order valence-electron chi connectivity index (χ4n) is 11.0. The Labute approximate surface area is 478 Å². The van der Waals surface area contributed by atoms with Crippen LogP contribution in [0.4, 0.5) is 8.78 Å². The topological polar surface area (TPSA) is 295 Å². The molecule has 0 bridgehead atoms. The molecule has 4 heterocycles. The highest BCUT2D eigenvalue weighted by molar-refractivity contribution is 7.52. The first kappa shape index (κ1) is 60.7. The summed E-state index contributed by atoms with van der Waals surface area (Å²) in [5.41, 5.74) is 3.89. The molecule has 0 saturated carbocycles. The Morgan fingerprint density at radius 1 is 0.843 bits per heavy atom. The van der Waals surface area contributed by atoms with E-state index in [1.165, 1.54) is 21.6 Å². The molecule has 1 unspecified atom stereocenters. The Morgan fingerprint density at radius 2 is 1.53 bits per heavy atom. The lowest BCUT2D eigenvalue weighted by atomic mass is 9.98. The van der Waals surface area contributed by atoms with Crippen LogP contribution in [0.2, 0.25) is 0 Å². The highest BCUT2D eigenvalue weighted by atomic mass is 31.2. The van der Waals surface area contributed by atoms with Crippen LogP contribution in [-0.2, 0) is 55.1 Å². The van der Waals surface area contributed by atoms with Gasteiger partial charge in [-0.25, -0.2) is 0 Å². The quantitative estimate of drug-likeness (QED) is 0.0206. The van der Waals surface area contributed by atoms with Crippen LogP contribution in [-0.4, -0.2) is 121 Å². The third kappa shape index (κ3) is 14.6. The third-order valence-corrected chi connectivity index (χ3v) is 16.4. The maximum absolute atomic E-state index is 15.0. The smallest absolute Gasteiger partial charge is 0.370 e. The van der Waals surface area contributed by atoms with E-state index in [2.05, 4.69) is 33.1 Å². The minimum absolute atomic E-state index is 0.0897. The normalized spacial score (nSPS) is 19.6. The van der Waals surface area contributed by atoms with Crippen LogP contribution in [0.3, 0.4) is 0 Å². The van der Waals surface area contributed by atoms with Crippen molar-refractivity contribution in [2.45, 2.75) is 132 Å². The number of primary amides is 1. The van der Waals surface area contributed by atoms with E-state index in [9.17, 15) is 66.3 Å². The SMILES string of the molecule is C/C(=C\C(=O)N[C@H]1CN(C(=O)CCCCCC#Cc2cccc3c2CN(C2CCC(=O)NC2=O)C3=O)CC[C@H]2CC[C@@H](C(=O)N[C@@H](CCC(N)=O)C(=O)NC(c3ccccc3)c3ccccc3)N2C1=O)c1ccc(C(F)(F)P(=O)(O)O)cc1. The number of nitrogens with one attached hydrogen (secondary N) is 4. The van der Waals surface area contributed by atoms with Crippen molar-refractivity contribution in [2.75, 3.05) is 13.1 Å². The number of carbonyl (C=O) groups is 9. The van der Waals surface area contributed by atoms with Crippen LogP contribution in [0.15, 0.2) is 109 Å². The van der Waals surface area contributed by atoms with Crippen molar-refractivity contribution in [3.63, 3.8) is 0 Å². The second-order valence-corrected chi connectivity index (χ2v) is 22.7. The van der Waals surface area contributed by atoms with Gasteiger partial charge in [0, 0.05) is 74.1 Å². The first-order chi connectivity index (χ1) is 39.6. The van der Waals surface area contributed by atoms with Gasteiger partial charge in [0.2, 0.25) is 47.3 Å². The number of hydrogen-bond acceptors (Lipinski definition) is 10. The van der Waals surface area contributed by atoms with Crippen molar-refractivity contribution in [3.8, 4) is 11.8 Å². The van der Waals surface area contributed by atoms with Crippen molar-refractivity contribution in [3.05, 3.63) is 148 Å². The van der Waals surface area contributed by atoms with Gasteiger partial charge in [-0.1, -0.05) is 109 Å². The minimum Gasteiger partial charge on any atom is -0.370 e. The van der Waals surface area contributed by atoms with Gasteiger partial charge in [0.1, 0.15) is 24.2 Å².